The average molecular weight is 297 g/mol. The molecule has 112 valence electrons. The van der Waals surface area contributed by atoms with Gasteiger partial charge in [0.05, 0.1) is 0 Å². The molecular formula is C16H25ClN2O. The Morgan fingerprint density at radius 3 is 2.60 bits per heavy atom. The van der Waals surface area contributed by atoms with E-state index in [9.17, 15) is 4.79 Å². The van der Waals surface area contributed by atoms with Crippen LogP contribution in [0.2, 0.25) is 0 Å². The first kappa shape index (κ1) is 17.0. The first-order valence-corrected chi connectivity index (χ1v) is 7.22. The number of amides is 1. The molecule has 1 heterocycles. The summed E-state index contributed by atoms with van der Waals surface area (Å²) in [5, 5.41) is 0. The van der Waals surface area contributed by atoms with Gasteiger partial charge in [-0.2, -0.15) is 0 Å². The van der Waals surface area contributed by atoms with Crippen LogP contribution >= 0.6 is 12.4 Å². The SMILES string of the molecule is CCCC(C)C(=O)N1C[C@@H](N)[C@H](c2ccccc2)C1.Cl. The van der Waals surface area contributed by atoms with Crippen LogP contribution in [0, 0.1) is 5.92 Å². The van der Waals surface area contributed by atoms with Crippen LogP contribution in [-0.4, -0.2) is 29.9 Å². The Morgan fingerprint density at radius 2 is 2.00 bits per heavy atom. The molecule has 3 atom stereocenters. The Bertz CT molecular complexity index is 424. The largest absolute Gasteiger partial charge is 0.340 e. The van der Waals surface area contributed by atoms with Gasteiger partial charge in [-0.3, -0.25) is 4.79 Å². The molecule has 1 unspecified atom stereocenters. The summed E-state index contributed by atoms with van der Waals surface area (Å²) in [5.41, 5.74) is 7.46. The number of rotatable bonds is 4. The lowest BCUT2D eigenvalue weighted by Gasteiger charge is -2.20. The van der Waals surface area contributed by atoms with E-state index in [1.807, 2.05) is 30.0 Å². The van der Waals surface area contributed by atoms with E-state index in [0.717, 1.165) is 19.4 Å². The number of benzene rings is 1. The lowest BCUT2D eigenvalue weighted by molar-refractivity contribution is -0.134. The Labute approximate surface area is 127 Å². The maximum atomic E-state index is 12.3. The van der Waals surface area contributed by atoms with Crippen LogP contribution < -0.4 is 5.73 Å². The van der Waals surface area contributed by atoms with Gasteiger partial charge in [-0.15, -0.1) is 12.4 Å². The maximum Gasteiger partial charge on any atom is 0.225 e. The van der Waals surface area contributed by atoms with E-state index in [0.29, 0.717) is 6.54 Å². The highest BCUT2D eigenvalue weighted by Gasteiger charge is 2.34. The third-order valence-electron chi connectivity index (χ3n) is 4.05. The molecule has 0 saturated carbocycles. The second-order valence-corrected chi connectivity index (χ2v) is 5.61. The third-order valence-corrected chi connectivity index (χ3v) is 4.05. The van der Waals surface area contributed by atoms with Crippen molar-refractivity contribution < 1.29 is 4.79 Å². The average Bonchev–Trinajstić information content (AvgIpc) is 2.81. The molecule has 1 aromatic carbocycles. The minimum atomic E-state index is 0. The van der Waals surface area contributed by atoms with Crippen molar-refractivity contribution in [2.75, 3.05) is 13.1 Å². The van der Waals surface area contributed by atoms with Crippen molar-refractivity contribution in [3.05, 3.63) is 35.9 Å². The second-order valence-electron chi connectivity index (χ2n) is 5.61. The molecule has 1 fully saturated rings. The van der Waals surface area contributed by atoms with Gasteiger partial charge in [-0.25, -0.2) is 0 Å². The molecule has 2 N–H and O–H groups in total. The number of nitrogens with zero attached hydrogens (tertiary/aromatic N) is 1. The number of carbonyl (C=O) groups is 1. The van der Waals surface area contributed by atoms with Gasteiger partial charge in [0.2, 0.25) is 5.91 Å². The molecule has 1 amide bonds. The van der Waals surface area contributed by atoms with E-state index < -0.39 is 0 Å². The van der Waals surface area contributed by atoms with E-state index in [-0.39, 0.29) is 36.2 Å². The molecule has 1 saturated heterocycles. The Balaban J connectivity index is 0.00000200. The number of halogens is 1. The quantitative estimate of drug-likeness (QED) is 0.929. The summed E-state index contributed by atoms with van der Waals surface area (Å²) in [6.07, 6.45) is 2.01. The normalized spacial score (nSPS) is 23.2. The summed E-state index contributed by atoms with van der Waals surface area (Å²) in [5.74, 6) is 0.654. The minimum Gasteiger partial charge on any atom is -0.340 e. The highest BCUT2D eigenvalue weighted by atomic mass is 35.5. The molecule has 1 aromatic rings. The molecule has 1 aliphatic heterocycles. The molecule has 0 aromatic heterocycles. The smallest absolute Gasteiger partial charge is 0.225 e. The molecule has 20 heavy (non-hydrogen) atoms. The molecule has 3 nitrogen and oxygen atoms in total. The fourth-order valence-corrected chi connectivity index (χ4v) is 2.93. The van der Waals surface area contributed by atoms with Crippen molar-refractivity contribution in [2.24, 2.45) is 11.7 Å². The van der Waals surface area contributed by atoms with E-state index >= 15 is 0 Å². The second kappa shape index (κ2) is 7.65. The third kappa shape index (κ3) is 3.74. The molecule has 1 aliphatic rings. The van der Waals surface area contributed by atoms with E-state index in [4.69, 9.17) is 5.73 Å². The van der Waals surface area contributed by atoms with Gasteiger partial charge in [-0.05, 0) is 12.0 Å². The summed E-state index contributed by atoms with van der Waals surface area (Å²) >= 11 is 0. The summed E-state index contributed by atoms with van der Waals surface area (Å²) in [4.78, 5) is 14.3. The predicted molar refractivity (Wildman–Crippen MR) is 85.1 cm³/mol. The number of carbonyl (C=O) groups excluding carboxylic acids is 1. The molecule has 2 rings (SSSR count). The van der Waals surface area contributed by atoms with Crippen LogP contribution in [0.5, 0.6) is 0 Å². The zero-order valence-electron chi connectivity index (χ0n) is 12.3. The van der Waals surface area contributed by atoms with Crippen LogP contribution in [0.1, 0.15) is 38.2 Å². The van der Waals surface area contributed by atoms with Crippen LogP contribution in [0.4, 0.5) is 0 Å². The van der Waals surface area contributed by atoms with Crippen molar-refractivity contribution in [1.29, 1.82) is 0 Å². The first-order chi connectivity index (χ1) is 9.13. The lowest BCUT2D eigenvalue weighted by Crippen LogP contribution is -2.35. The van der Waals surface area contributed by atoms with Crippen LogP contribution in [-0.2, 0) is 4.79 Å². The van der Waals surface area contributed by atoms with Gasteiger partial charge < -0.3 is 10.6 Å². The molecule has 0 spiro atoms. The van der Waals surface area contributed by atoms with Crippen molar-refractivity contribution in [1.82, 2.24) is 4.90 Å². The van der Waals surface area contributed by atoms with Gasteiger partial charge in [0.15, 0.2) is 0 Å². The Hall–Kier alpha value is -1.06. The van der Waals surface area contributed by atoms with Crippen molar-refractivity contribution in [2.45, 2.75) is 38.6 Å². The van der Waals surface area contributed by atoms with E-state index in [2.05, 4.69) is 19.1 Å². The molecule has 0 bridgehead atoms. The highest BCUT2D eigenvalue weighted by molar-refractivity contribution is 5.85. The topological polar surface area (TPSA) is 46.3 Å². The lowest BCUT2D eigenvalue weighted by atomic mass is 9.95. The number of likely N-dealkylation sites (tertiary alicyclic amines) is 1. The first-order valence-electron chi connectivity index (χ1n) is 7.22. The minimum absolute atomic E-state index is 0. The van der Waals surface area contributed by atoms with Gasteiger partial charge in [0.25, 0.3) is 0 Å². The zero-order valence-corrected chi connectivity index (χ0v) is 13.1. The highest BCUT2D eigenvalue weighted by Crippen LogP contribution is 2.27. The maximum absolute atomic E-state index is 12.3. The van der Waals surface area contributed by atoms with Crippen LogP contribution in [0.25, 0.3) is 0 Å². The van der Waals surface area contributed by atoms with Gasteiger partial charge in [0.1, 0.15) is 0 Å². The Morgan fingerprint density at radius 1 is 1.35 bits per heavy atom. The monoisotopic (exact) mass is 296 g/mol. The molecular weight excluding hydrogens is 272 g/mol. The van der Waals surface area contributed by atoms with Crippen LogP contribution in [0.3, 0.4) is 0 Å². The van der Waals surface area contributed by atoms with Gasteiger partial charge >= 0.3 is 0 Å². The van der Waals surface area contributed by atoms with E-state index in [1.165, 1.54) is 5.56 Å². The van der Waals surface area contributed by atoms with Crippen LogP contribution in [0.15, 0.2) is 30.3 Å². The molecule has 4 heteroatoms. The predicted octanol–water partition coefficient (Wildman–Crippen LogP) is 2.80. The standard InChI is InChI=1S/C16H24N2O.ClH/c1-3-7-12(2)16(19)18-10-14(15(17)11-18)13-8-5-4-6-9-13;/h4-6,8-9,12,14-15H,3,7,10-11,17H2,1-2H3;1H/t12?,14-,15+;/m0./s1. The van der Waals surface area contributed by atoms with Gasteiger partial charge in [-0.1, -0.05) is 50.6 Å². The van der Waals surface area contributed by atoms with Crippen molar-refractivity contribution >= 4 is 18.3 Å². The zero-order chi connectivity index (χ0) is 13.8. The molecule has 0 radical (unpaired) electrons. The van der Waals surface area contributed by atoms with E-state index in [1.54, 1.807) is 0 Å². The van der Waals surface area contributed by atoms with Crippen molar-refractivity contribution in [3.63, 3.8) is 0 Å². The summed E-state index contributed by atoms with van der Waals surface area (Å²) in [7, 11) is 0. The number of hydrogen-bond donors (Lipinski definition) is 1. The summed E-state index contributed by atoms with van der Waals surface area (Å²) in [6.45, 7) is 5.59. The fraction of sp³-hybridized carbons (Fsp3) is 0.562. The summed E-state index contributed by atoms with van der Waals surface area (Å²) in [6, 6.07) is 10.3. The number of nitrogens with two attached hydrogens (primary N) is 1. The molecule has 0 aliphatic carbocycles. The number of hydrogen-bond acceptors (Lipinski definition) is 2. The van der Waals surface area contributed by atoms with Gasteiger partial charge in [0, 0.05) is 31.0 Å². The van der Waals surface area contributed by atoms with Crippen molar-refractivity contribution in [3.8, 4) is 0 Å². The fourth-order valence-electron chi connectivity index (χ4n) is 2.93. The Kier molecular flexibility index (Phi) is 6.50. The summed E-state index contributed by atoms with van der Waals surface area (Å²) < 4.78 is 0.